The molecule has 1 atom stereocenters. The SMILES string of the molecule is O=S(=O)(O)OCC(Cc1ccccc1)c1ccccc1.[H-].[Li+]. The zero-order valence-electron chi connectivity index (χ0n) is 12.8. The van der Waals surface area contributed by atoms with Gasteiger partial charge in [-0.2, -0.15) is 8.42 Å². The third-order valence-corrected chi connectivity index (χ3v) is 3.45. The van der Waals surface area contributed by atoms with Gasteiger partial charge in [-0.3, -0.25) is 4.55 Å². The van der Waals surface area contributed by atoms with Gasteiger partial charge >= 0.3 is 29.3 Å². The molecule has 0 aliphatic heterocycles. The molecule has 0 saturated carbocycles. The van der Waals surface area contributed by atoms with Crippen molar-refractivity contribution in [2.75, 3.05) is 6.61 Å². The van der Waals surface area contributed by atoms with Crippen molar-refractivity contribution in [2.24, 2.45) is 0 Å². The van der Waals surface area contributed by atoms with Gasteiger partial charge in [0.1, 0.15) is 0 Å². The summed E-state index contributed by atoms with van der Waals surface area (Å²) in [4.78, 5) is 0. The summed E-state index contributed by atoms with van der Waals surface area (Å²) in [6, 6.07) is 19.3. The molecular weight excluding hydrogens is 283 g/mol. The van der Waals surface area contributed by atoms with Gasteiger partial charge in [-0.25, -0.2) is 4.18 Å². The molecule has 0 fully saturated rings. The van der Waals surface area contributed by atoms with Gasteiger partial charge in [0.25, 0.3) is 0 Å². The molecule has 2 rings (SSSR count). The Morgan fingerprint density at radius 2 is 1.52 bits per heavy atom. The quantitative estimate of drug-likeness (QED) is 0.600. The minimum atomic E-state index is -4.42. The number of rotatable bonds is 6. The van der Waals surface area contributed by atoms with E-state index < -0.39 is 10.4 Å². The molecule has 1 N–H and O–H groups in total. The molecule has 0 aromatic heterocycles. The summed E-state index contributed by atoms with van der Waals surface area (Å²) in [5.41, 5.74) is 2.06. The summed E-state index contributed by atoms with van der Waals surface area (Å²) in [5.74, 6) is -0.138. The minimum absolute atomic E-state index is 0. The zero-order valence-corrected chi connectivity index (χ0v) is 12.7. The Hall–Kier alpha value is -1.09. The number of hydrogen-bond acceptors (Lipinski definition) is 3. The fourth-order valence-corrected chi connectivity index (χ4v) is 2.40. The van der Waals surface area contributed by atoms with Gasteiger partial charge in [-0.15, -0.1) is 0 Å². The van der Waals surface area contributed by atoms with Crippen LogP contribution in [0.5, 0.6) is 0 Å². The molecule has 0 radical (unpaired) electrons. The molecule has 4 nitrogen and oxygen atoms in total. The van der Waals surface area contributed by atoms with Crippen molar-refractivity contribution >= 4 is 10.4 Å². The molecular formula is C15H17LiO4S. The molecule has 1 unspecified atom stereocenters. The van der Waals surface area contributed by atoms with E-state index in [0.717, 1.165) is 11.1 Å². The van der Waals surface area contributed by atoms with E-state index in [4.69, 9.17) is 4.55 Å². The minimum Gasteiger partial charge on any atom is -1.00 e. The molecule has 0 amide bonds. The number of benzene rings is 2. The van der Waals surface area contributed by atoms with E-state index in [2.05, 4.69) is 4.18 Å². The number of hydrogen-bond donors (Lipinski definition) is 1. The van der Waals surface area contributed by atoms with Gasteiger partial charge in [0, 0.05) is 5.92 Å². The topological polar surface area (TPSA) is 63.6 Å². The Kier molecular flexibility index (Phi) is 7.16. The van der Waals surface area contributed by atoms with E-state index in [1.807, 2.05) is 60.7 Å². The van der Waals surface area contributed by atoms with E-state index in [-0.39, 0.29) is 32.8 Å². The van der Waals surface area contributed by atoms with Gasteiger partial charge in [-0.05, 0) is 17.5 Å². The van der Waals surface area contributed by atoms with Crippen LogP contribution in [0.1, 0.15) is 18.5 Å². The molecule has 0 spiro atoms. The van der Waals surface area contributed by atoms with Gasteiger partial charge < -0.3 is 1.43 Å². The Labute approximate surface area is 138 Å². The zero-order chi connectivity index (χ0) is 14.4. The van der Waals surface area contributed by atoms with E-state index in [1.54, 1.807) is 0 Å². The van der Waals surface area contributed by atoms with Crippen LogP contribution in [0.4, 0.5) is 0 Å². The average Bonchev–Trinajstić information content (AvgIpc) is 2.44. The average molecular weight is 300 g/mol. The Bertz CT molecular complexity index is 635. The van der Waals surface area contributed by atoms with Gasteiger partial charge in [0.05, 0.1) is 6.61 Å². The molecule has 0 aliphatic rings. The van der Waals surface area contributed by atoms with E-state index in [9.17, 15) is 8.42 Å². The second-order valence-corrected chi connectivity index (χ2v) is 5.60. The molecule has 0 saturated heterocycles. The fraction of sp³-hybridized carbons (Fsp3) is 0.200. The molecule has 2 aromatic rings. The smallest absolute Gasteiger partial charge is 1.00 e. The van der Waals surface area contributed by atoms with Crippen molar-refractivity contribution in [3.8, 4) is 0 Å². The predicted octanol–water partition coefficient (Wildman–Crippen LogP) is -0.0512. The van der Waals surface area contributed by atoms with Crippen molar-refractivity contribution in [3.05, 3.63) is 71.8 Å². The second kappa shape index (κ2) is 8.37. The van der Waals surface area contributed by atoms with Crippen molar-refractivity contribution in [1.82, 2.24) is 0 Å². The van der Waals surface area contributed by atoms with Crippen molar-refractivity contribution in [2.45, 2.75) is 12.3 Å². The van der Waals surface area contributed by atoms with Crippen LogP contribution in [-0.4, -0.2) is 19.6 Å². The third kappa shape index (κ3) is 6.47. The fourth-order valence-electron chi connectivity index (χ4n) is 2.06. The van der Waals surface area contributed by atoms with Crippen molar-refractivity contribution in [1.29, 1.82) is 0 Å². The van der Waals surface area contributed by atoms with Crippen LogP contribution in [-0.2, 0) is 21.0 Å². The van der Waals surface area contributed by atoms with Crippen LogP contribution >= 0.6 is 0 Å². The van der Waals surface area contributed by atoms with Crippen molar-refractivity contribution < 1.29 is 37.4 Å². The maximum absolute atomic E-state index is 10.8. The summed E-state index contributed by atoms with van der Waals surface area (Å²) >= 11 is 0. The van der Waals surface area contributed by atoms with Crippen LogP contribution in [0.25, 0.3) is 0 Å². The summed E-state index contributed by atoms with van der Waals surface area (Å²) < 4.78 is 34.8. The third-order valence-electron chi connectivity index (χ3n) is 3.01. The Morgan fingerprint density at radius 1 is 1.00 bits per heavy atom. The summed E-state index contributed by atoms with van der Waals surface area (Å²) in [6.07, 6.45) is 0.639. The molecule has 0 aliphatic carbocycles. The first-order valence-corrected chi connectivity index (χ1v) is 7.62. The van der Waals surface area contributed by atoms with Gasteiger partial charge in [-0.1, -0.05) is 60.7 Å². The van der Waals surface area contributed by atoms with E-state index in [1.165, 1.54) is 0 Å². The van der Waals surface area contributed by atoms with Crippen LogP contribution in [0.2, 0.25) is 0 Å². The summed E-state index contributed by atoms with van der Waals surface area (Å²) in [7, 11) is -4.42. The van der Waals surface area contributed by atoms with Crippen molar-refractivity contribution in [3.63, 3.8) is 0 Å². The molecule has 0 heterocycles. The molecule has 0 bridgehead atoms. The van der Waals surface area contributed by atoms with Gasteiger partial charge in [0.2, 0.25) is 0 Å². The van der Waals surface area contributed by atoms with E-state index in [0.29, 0.717) is 6.42 Å². The predicted molar refractivity (Wildman–Crippen MR) is 77.9 cm³/mol. The first kappa shape index (κ1) is 18.0. The van der Waals surface area contributed by atoms with E-state index >= 15 is 0 Å². The van der Waals surface area contributed by atoms with Crippen LogP contribution < -0.4 is 18.9 Å². The normalized spacial score (nSPS) is 12.4. The Morgan fingerprint density at radius 3 is 2.05 bits per heavy atom. The van der Waals surface area contributed by atoms with Gasteiger partial charge in [0.15, 0.2) is 0 Å². The first-order chi connectivity index (χ1) is 9.54. The maximum Gasteiger partial charge on any atom is 1.00 e. The summed E-state index contributed by atoms with van der Waals surface area (Å²) in [5, 5.41) is 0. The first-order valence-electron chi connectivity index (χ1n) is 6.25. The van der Waals surface area contributed by atoms with Crippen LogP contribution in [0.3, 0.4) is 0 Å². The molecule has 21 heavy (non-hydrogen) atoms. The standard InChI is InChI=1S/C15H16O4S.Li.H/c16-20(17,18)19-12-15(14-9-5-2-6-10-14)11-13-7-3-1-4-8-13;;/h1-10,15H,11-12H2,(H,16,17,18);;/q;+1;-1. The second-order valence-electron chi connectivity index (χ2n) is 4.51. The van der Waals surface area contributed by atoms with Crippen LogP contribution in [0, 0.1) is 0 Å². The molecule has 6 heteroatoms. The molecule has 2 aromatic carbocycles. The summed E-state index contributed by atoms with van der Waals surface area (Å²) in [6.45, 7) is -0.0856. The largest absolute Gasteiger partial charge is 1.00 e. The van der Waals surface area contributed by atoms with Crippen LogP contribution in [0.15, 0.2) is 60.7 Å². The Balaban J connectivity index is 0.00000220. The monoisotopic (exact) mass is 300 g/mol. The molecule has 108 valence electrons. The maximum atomic E-state index is 10.8.